The number of ether oxygens (including phenoxy) is 1. The summed E-state index contributed by atoms with van der Waals surface area (Å²) in [7, 11) is 0. The summed E-state index contributed by atoms with van der Waals surface area (Å²) < 4.78 is 35.6. The SMILES string of the molecule is N#Cc1ccc(N2CCC(Sc3ccc(COc4cccc5c4CN(C4CCC(=O)NC4=O)C5=O)cc3F)CC2)c(F)c1. The van der Waals surface area contributed by atoms with Gasteiger partial charge in [-0.05, 0) is 67.3 Å². The van der Waals surface area contributed by atoms with Gasteiger partial charge in [0.15, 0.2) is 0 Å². The molecule has 0 aromatic heterocycles. The number of nitriles is 1. The Morgan fingerprint density at radius 3 is 2.53 bits per heavy atom. The Morgan fingerprint density at radius 1 is 1.00 bits per heavy atom. The fourth-order valence-corrected chi connectivity index (χ4v) is 6.93. The smallest absolute Gasteiger partial charge is 0.255 e. The minimum Gasteiger partial charge on any atom is -0.489 e. The summed E-state index contributed by atoms with van der Waals surface area (Å²) in [4.78, 5) is 40.9. The molecule has 1 N–H and O–H groups in total. The fourth-order valence-electron chi connectivity index (χ4n) is 5.81. The standard InChI is InChI=1S/C32H28F2N4O4S/c33-24-14-19(16-35)4-6-26(24)37-12-10-21(11-13-37)43-29-8-5-20(15-25(29)34)18-42-28-3-1-2-22-23(28)17-38(32(22)41)27-7-9-30(39)36-31(27)40/h1-6,8,14-15,21,27H,7,9-13,17-18H2,(H,36,39,40). The lowest BCUT2D eigenvalue weighted by Crippen LogP contribution is -2.52. The van der Waals surface area contributed by atoms with Crippen LogP contribution in [0, 0.1) is 23.0 Å². The van der Waals surface area contributed by atoms with Gasteiger partial charge in [0.2, 0.25) is 11.8 Å². The summed E-state index contributed by atoms with van der Waals surface area (Å²) in [5.74, 6) is -1.36. The first-order valence-electron chi connectivity index (χ1n) is 14.1. The van der Waals surface area contributed by atoms with Crippen molar-refractivity contribution in [1.82, 2.24) is 10.2 Å². The van der Waals surface area contributed by atoms with Gasteiger partial charge in [-0.25, -0.2) is 8.78 Å². The third-order valence-electron chi connectivity index (χ3n) is 8.08. The van der Waals surface area contributed by atoms with Crippen molar-refractivity contribution in [2.75, 3.05) is 18.0 Å². The predicted octanol–water partition coefficient (Wildman–Crippen LogP) is 4.94. The number of amides is 3. The van der Waals surface area contributed by atoms with Gasteiger partial charge in [0.05, 0.1) is 23.9 Å². The van der Waals surface area contributed by atoms with Crippen LogP contribution in [-0.4, -0.2) is 47.0 Å². The van der Waals surface area contributed by atoms with Gasteiger partial charge in [0.25, 0.3) is 5.91 Å². The van der Waals surface area contributed by atoms with Gasteiger partial charge in [-0.1, -0.05) is 12.1 Å². The van der Waals surface area contributed by atoms with Crippen molar-refractivity contribution in [3.05, 3.63) is 88.5 Å². The van der Waals surface area contributed by atoms with Crippen LogP contribution in [0.1, 0.15) is 52.7 Å². The van der Waals surface area contributed by atoms with Crippen LogP contribution in [0.25, 0.3) is 0 Å². The van der Waals surface area contributed by atoms with Crippen LogP contribution in [0.15, 0.2) is 59.5 Å². The Morgan fingerprint density at radius 2 is 1.81 bits per heavy atom. The molecule has 0 saturated carbocycles. The Balaban J connectivity index is 1.05. The number of hydrogen-bond donors (Lipinski definition) is 1. The third kappa shape index (κ3) is 5.92. The van der Waals surface area contributed by atoms with Gasteiger partial charge in [-0.15, -0.1) is 11.8 Å². The zero-order valence-electron chi connectivity index (χ0n) is 23.1. The van der Waals surface area contributed by atoms with E-state index in [0.717, 1.165) is 12.8 Å². The summed E-state index contributed by atoms with van der Waals surface area (Å²) in [5.41, 5.74) is 2.52. The van der Waals surface area contributed by atoms with Crippen LogP contribution in [-0.2, 0) is 22.7 Å². The lowest BCUT2D eigenvalue weighted by molar-refractivity contribution is -0.136. The first kappa shape index (κ1) is 28.7. The van der Waals surface area contributed by atoms with Crippen LogP contribution in [0.5, 0.6) is 5.75 Å². The maximum absolute atomic E-state index is 15.1. The highest BCUT2D eigenvalue weighted by Crippen LogP contribution is 2.36. The molecule has 6 rings (SSSR count). The zero-order valence-corrected chi connectivity index (χ0v) is 24.0. The van der Waals surface area contributed by atoms with Gasteiger partial charge in [-0.2, -0.15) is 5.26 Å². The van der Waals surface area contributed by atoms with E-state index in [2.05, 4.69) is 5.32 Å². The number of halogens is 2. The van der Waals surface area contributed by atoms with Gasteiger partial charge in [0, 0.05) is 40.8 Å². The van der Waals surface area contributed by atoms with Gasteiger partial charge in [0.1, 0.15) is 30.0 Å². The van der Waals surface area contributed by atoms with Crippen LogP contribution in [0.4, 0.5) is 14.5 Å². The number of thioether (sulfide) groups is 1. The number of benzene rings is 3. The molecule has 1 atom stereocenters. The maximum Gasteiger partial charge on any atom is 0.255 e. The average molecular weight is 603 g/mol. The molecule has 0 radical (unpaired) electrons. The molecule has 2 saturated heterocycles. The normalized spacial score (nSPS) is 18.8. The summed E-state index contributed by atoms with van der Waals surface area (Å²) in [6, 6.07) is 15.9. The molecule has 3 heterocycles. The van der Waals surface area contributed by atoms with Crippen molar-refractivity contribution in [1.29, 1.82) is 5.26 Å². The van der Waals surface area contributed by atoms with E-state index in [1.165, 1.54) is 28.8 Å². The number of carbonyl (C=O) groups excluding carboxylic acids is 3. The number of piperidine rings is 2. The molecule has 8 nitrogen and oxygen atoms in total. The molecule has 11 heteroatoms. The van der Waals surface area contributed by atoms with Crippen LogP contribution in [0.3, 0.4) is 0 Å². The largest absolute Gasteiger partial charge is 0.489 e. The molecule has 3 aliphatic rings. The van der Waals surface area contributed by atoms with Crippen molar-refractivity contribution in [3.8, 4) is 11.8 Å². The number of carbonyl (C=O) groups is 3. The molecule has 0 spiro atoms. The van der Waals surface area contributed by atoms with Crippen molar-refractivity contribution in [2.24, 2.45) is 0 Å². The molecule has 0 aliphatic carbocycles. The molecule has 3 aliphatic heterocycles. The second-order valence-electron chi connectivity index (χ2n) is 10.8. The summed E-state index contributed by atoms with van der Waals surface area (Å²) >= 11 is 1.48. The Kier molecular flexibility index (Phi) is 8.04. The molecule has 3 amide bonds. The number of imide groups is 1. The monoisotopic (exact) mass is 602 g/mol. The van der Waals surface area contributed by atoms with Crippen LogP contribution in [0.2, 0.25) is 0 Å². The van der Waals surface area contributed by atoms with E-state index < -0.39 is 17.8 Å². The van der Waals surface area contributed by atoms with Crippen molar-refractivity contribution in [3.63, 3.8) is 0 Å². The second-order valence-corrected chi connectivity index (χ2v) is 12.2. The molecular formula is C32H28F2N4O4S. The molecule has 3 aromatic rings. The predicted molar refractivity (Wildman–Crippen MR) is 155 cm³/mol. The van der Waals surface area contributed by atoms with E-state index in [9.17, 15) is 18.8 Å². The van der Waals surface area contributed by atoms with Gasteiger partial charge < -0.3 is 14.5 Å². The molecule has 1 unspecified atom stereocenters. The topological polar surface area (TPSA) is 103 Å². The van der Waals surface area contributed by atoms with Crippen LogP contribution >= 0.6 is 11.8 Å². The van der Waals surface area contributed by atoms with E-state index in [1.54, 1.807) is 36.4 Å². The lowest BCUT2D eigenvalue weighted by Gasteiger charge is -2.33. The third-order valence-corrected chi connectivity index (χ3v) is 9.47. The second kappa shape index (κ2) is 12.1. The number of hydrogen-bond acceptors (Lipinski definition) is 7. The van der Waals surface area contributed by atoms with E-state index in [1.807, 2.05) is 17.0 Å². The average Bonchev–Trinajstić information content (AvgIpc) is 3.34. The summed E-state index contributed by atoms with van der Waals surface area (Å²) in [6.45, 7) is 1.56. The first-order chi connectivity index (χ1) is 20.8. The summed E-state index contributed by atoms with van der Waals surface area (Å²) in [5, 5.41) is 11.4. The highest BCUT2D eigenvalue weighted by atomic mass is 32.2. The number of rotatable bonds is 7. The first-order valence-corrected chi connectivity index (χ1v) is 15.0. The molecular weight excluding hydrogens is 574 g/mol. The zero-order chi connectivity index (χ0) is 30.1. The van der Waals surface area contributed by atoms with E-state index in [4.69, 9.17) is 10.00 Å². The number of fused-ring (bicyclic) bond motifs is 1. The fraction of sp³-hybridized carbons (Fsp3) is 0.312. The van der Waals surface area contributed by atoms with Crippen LogP contribution < -0.4 is 15.0 Å². The molecule has 3 aromatic carbocycles. The molecule has 0 bridgehead atoms. The van der Waals surface area contributed by atoms with E-state index >= 15 is 4.39 Å². The number of anilines is 1. The lowest BCUT2D eigenvalue weighted by atomic mass is 10.0. The van der Waals surface area contributed by atoms with Crippen molar-refractivity contribution < 1.29 is 27.9 Å². The highest BCUT2D eigenvalue weighted by Gasteiger charge is 2.40. The Labute approximate surface area is 251 Å². The van der Waals surface area contributed by atoms with Crippen molar-refractivity contribution in [2.45, 2.75) is 55.0 Å². The van der Waals surface area contributed by atoms with E-state index in [-0.39, 0.29) is 54.4 Å². The number of nitrogens with one attached hydrogen (secondary N) is 1. The molecule has 2 fully saturated rings. The maximum atomic E-state index is 15.1. The van der Waals surface area contributed by atoms with Gasteiger partial charge >= 0.3 is 0 Å². The van der Waals surface area contributed by atoms with E-state index in [0.29, 0.717) is 46.1 Å². The minimum atomic E-state index is -0.714. The Bertz CT molecular complexity index is 1650. The quantitative estimate of drug-likeness (QED) is 0.383. The van der Waals surface area contributed by atoms with Crippen molar-refractivity contribution >= 4 is 35.2 Å². The summed E-state index contributed by atoms with van der Waals surface area (Å²) in [6.07, 6.45) is 1.99. The molecule has 220 valence electrons. The minimum absolute atomic E-state index is 0.0967. The van der Waals surface area contributed by atoms with Gasteiger partial charge in [-0.3, -0.25) is 19.7 Å². The number of nitrogens with zero attached hydrogens (tertiary/aromatic N) is 3. The Hall–Kier alpha value is -4.43. The molecule has 43 heavy (non-hydrogen) atoms. The highest BCUT2D eigenvalue weighted by molar-refractivity contribution is 8.00.